The van der Waals surface area contributed by atoms with Gasteiger partial charge in [0.1, 0.15) is 41.0 Å². The monoisotopic (exact) mass is 942 g/mol. The molecule has 0 amide bonds. The molecule has 0 saturated heterocycles. The highest BCUT2D eigenvalue weighted by Crippen LogP contribution is 2.35. The fourth-order valence-electron chi connectivity index (χ4n) is 6.53. The molecular formula is C44H38BrF7N6O5. The molecule has 7 rings (SSSR count). The number of nitrogens with one attached hydrogen (secondary N) is 2. The first kappa shape index (κ1) is 45.9. The molecule has 0 bridgehead atoms. The first-order valence-electron chi connectivity index (χ1n) is 18.9. The molecule has 63 heavy (non-hydrogen) atoms. The van der Waals surface area contributed by atoms with Crippen molar-refractivity contribution >= 4 is 61.3 Å². The van der Waals surface area contributed by atoms with Crippen molar-refractivity contribution in [3.05, 3.63) is 130 Å². The Bertz CT molecular complexity index is 2790. The highest BCUT2D eigenvalue weighted by Gasteiger charge is 2.27. The van der Waals surface area contributed by atoms with E-state index >= 15 is 0 Å². The van der Waals surface area contributed by atoms with Crippen LogP contribution in [-0.2, 0) is 9.47 Å². The lowest BCUT2D eigenvalue weighted by atomic mass is 10.1. The third-order valence-electron chi connectivity index (χ3n) is 9.51. The third kappa shape index (κ3) is 11.4. The second-order valence-corrected chi connectivity index (χ2v) is 14.9. The molecule has 0 unspecified atom stereocenters. The number of anilines is 2. The number of hydrogen-bond donors (Lipinski definition) is 2. The summed E-state index contributed by atoms with van der Waals surface area (Å²) in [7, 11) is 2.62. The SMILES string of the molecule is COC(=O)c1ccc(-n2cnc3c(NCCC(F)(F)F)cc(Br)cc32)cc1C.COC(=O)c1ccc(-n2cnc3c(NCCC(F)(F)F)cc(Oc4cccc(F)c4)cc32)cc1C. The maximum atomic E-state index is 13.6. The van der Waals surface area contributed by atoms with Crippen LogP contribution in [0.4, 0.5) is 42.1 Å². The number of carbonyl (C=O) groups excluding carboxylic acids is 2. The van der Waals surface area contributed by atoms with E-state index in [2.05, 4.69) is 36.5 Å². The number of methoxy groups -OCH3 is 2. The number of carbonyl (C=O) groups is 2. The molecule has 7 aromatic rings. The molecule has 0 fully saturated rings. The van der Waals surface area contributed by atoms with E-state index in [0.29, 0.717) is 60.3 Å². The number of halogens is 8. The van der Waals surface area contributed by atoms with Crippen LogP contribution in [0, 0.1) is 19.7 Å². The number of esters is 2. The Morgan fingerprint density at radius 1 is 0.651 bits per heavy atom. The third-order valence-corrected chi connectivity index (χ3v) is 9.97. The molecule has 0 aliphatic heterocycles. The predicted molar refractivity (Wildman–Crippen MR) is 227 cm³/mol. The molecule has 0 radical (unpaired) electrons. The van der Waals surface area contributed by atoms with Gasteiger partial charge in [0.15, 0.2) is 0 Å². The summed E-state index contributed by atoms with van der Waals surface area (Å²) in [6, 6.07) is 22.6. The Morgan fingerprint density at radius 2 is 1.14 bits per heavy atom. The Kier molecular flexibility index (Phi) is 14.0. The fourth-order valence-corrected chi connectivity index (χ4v) is 6.98. The van der Waals surface area contributed by atoms with Gasteiger partial charge in [0, 0.05) is 47.1 Å². The Morgan fingerprint density at radius 3 is 1.60 bits per heavy atom. The van der Waals surface area contributed by atoms with Crippen LogP contribution in [0.1, 0.15) is 44.7 Å². The van der Waals surface area contributed by atoms with Crippen molar-refractivity contribution in [2.75, 3.05) is 37.9 Å². The minimum atomic E-state index is -4.32. The van der Waals surface area contributed by atoms with Gasteiger partial charge in [-0.2, -0.15) is 26.3 Å². The van der Waals surface area contributed by atoms with Crippen molar-refractivity contribution in [2.45, 2.75) is 39.0 Å². The maximum Gasteiger partial charge on any atom is 0.390 e. The summed E-state index contributed by atoms with van der Waals surface area (Å²) in [6.07, 6.45) is -7.39. The Balaban J connectivity index is 0.000000215. The van der Waals surface area contributed by atoms with Crippen LogP contribution < -0.4 is 15.4 Å². The second-order valence-electron chi connectivity index (χ2n) is 14.0. The van der Waals surface area contributed by atoms with E-state index in [4.69, 9.17) is 14.2 Å². The van der Waals surface area contributed by atoms with Crippen LogP contribution in [0.25, 0.3) is 33.4 Å². The summed E-state index contributed by atoms with van der Waals surface area (Å²) >= 11 is 3.40. The number of nitrogens with zero attached hydrogens (tertiary/aromatic N) is 4. The summed E-state index contributed by atoms with van der Waals surface area (Å²) in [5, 5.41) is 5.58. The standard InChI is InChI=1S/C25H21F4N3O3.C19H17BrF3N3O2/c1-15-10-17(6-7-20(15)24(33)34-2)32-14-31-23-21(30-9-8-25(27,28)29)12-19(13-22(23)32)35-18-5-3-4-16(26)11-18;1-11-7-13(3-4-14(11)18(27)28-2)26-10-25-17-15(8-12(20)9-16(17)26)24-6-5-19(21,22)23/h3-7,10-14,30H,8-9H2,1-2H3;3-4,7-10,24H,5-6H2,1-2H3. The van der Waals surface area contributed by atoms with Gasteiger partial charge in [0.2, 0.25) is 0 Å². The number of rotatable bonds is 12. The lowest BCUT2D eigenvalue weighted by molar-refractivity contribution is -0.132. The van der Waals surface area contributed by atoms with Gasteiger partial charge >= 0.3 is 24.3 Å². The van der Waals surface area contributed by atoms with Crippen LogP contribution in [-0.4, -0.2) is 70.7 Å². The van der Waals surface area contributed by atoms with Gasteiger partial charge < -0.3 is 24.8 Å². The summed E-state index contributed by atoms with van der Waals surface area (Å²) < 4.78 is 109. The van der Waals surface area contributed by atoms with Crippen LogP contribution in [0.15, 0.2) is 102 Å². The smallest absolute Gasteiger partial charge is 0.390 e. The quantitative estimate of drug-likeness (QED) is 0.0911. The lowest BCUT2D eigenvalue weighted by Crippen LogP contribution is -2.14. The zero-order chi connectivity index (χ0) is 45.6. The number of benzene rings is 5. The first-order valence-corrected chi connectivity index (χ1v) is 19.7. The molecule has 5 aromatic carbocycles. The topological polar surface area (TPSA) is 122 Å². The lowest BCUT2D eigenvalue weighted by Gasteiger charge is -2.14. The molecule has 0 aliphatic carbocycles. The number of imidazole rings is 2. The minimum Gasteiger partial charge on any atom is -0.465 e. The average Bonchev–Trinajstić information content (AvgIpc) is 3.84. The Hall–Kier alpha value is -6.63. The van der Waals surface area contributed by atoms with Gasteiger partial charge in [-0.25, -0.2) is 23.9 Å². The minimum absolute atomic E-state index is 0.231. The van der Waals surface area contributed by atoms with E-state index in [-0.39, 0.29) is 24.6 Å². The largest absolute Gasteiger partial charge is 0.465 e. The second kappa shape index (κ2) is 19.2. The van der Waals surface area contributed by atoms with Crippen LogP contribution in [0.3, 0.4) is 0 Å². The molecule has 330 valence electrons. The summed E-state index contributed by atoms with van der Waals surface area (Å²) in [5.74, 6) is -0.861. The molecule has 0 spiro atoms. The van der Waals surface area contributed by atoms with Gasteiger partial charge in [0.05, 0.1) is 60.6 Å². The van der Waals surface area contributed by atoms with Crippen LogP contribution in [0.5, 0.6) is 11.5 Å². The van der Waals surface area contributed by atoms with Crippen molar-refractivity contribution in [3.63, 3.8) is 0 Å². The zero-order valence-electron chi connectivity index (χ0n) is 33.9. The highest BCUT2D eigenvalue weighted by molar-refractivity contribution is 9.10. The number of hydrogen-bond acceptors (Lipinski definition) is 9. The molecule has 0 aliphatic rings. The van der Waals surface area contributed by atoms with Gasteiger partial charge in [-0.15, -0.1) is 0 Å². The van der Waals surface area contributed by atoms with Crippen molar-refractivity contribution in [3.8, 4) is 22.9 Å². The summed E-state index contributed by atoms with van der Waals surface area (Å²) in [6.45, 7) is 2.96. The van der Waals surface area contributed by atoms with Gasteiger partial charge in [-0.05, 0) is 85.6 Å². The van der Waals surface area contributed by atoms with Gasteiger partial charge in [-0.3, -0.25) is 9.13 Å². The molecule has 2 heterocycles. The van der Waals surface area contributed by atoms with Crippen molar-refractivity contribution in [1.82, 2.24) is 19.1 Å². The molecule has 2 aromatic heterocycles. The Labute approximate surface area is 363 Å². The number of aromatic nitrogens is 4. The molecule has 0 saturated carbocycles. The van der Waals surface area contributed by atoms with E-state index < -0.39 is 43.0 Å². The summed E-state index contributed by atoms with van der Waals surface area (Å²) in [4.78, 5) is 32.4. The van der Waals surface area contributed by atoms with Crippen molar-refractivity contribution < 1.29 is 54.5 Å². The van der Waals surface area contributed by atoms with Crippen LogP contribution >= 0.6 is 15.9 Å². The number of aryl methyl sites for hydroxylation is 2. The number of ether oxygens (including phenoxy) is 3. The molecular weight excluding hydrogens is 905 g/mol. The average molecular weight is 944 g/mol. The van der Waals surface area contributed by atoms with E-state index in [1.807, 2.05) is 16.7 Å². The van der Waals surface area contributed by atoms with E-state index in [0.717, 1.165) is 11.3 Å². The van der Waals surface area contributed by atoms with Gasteiger partial charge in [0.25, 0.3) is 0 Å². The molecule has 2 N–H and O–H groups in total. The van der Waals surface area contributed by atoms with E-state index in [1.54, 1.807) is 73.3 Å². The van der Waals surface area contributed by atoms with Crippen LogP contribution in [0.2, 0.25) is 0 Å². The van der Waals surface area contributed by atoms with Crippen molar-refractivity contribution in [2.24, 2.45) is 0 Å². The fraction of sp³-hybridized carbons (Fsp3) is 0.227. The van der Waals surface area contributed by atoms with E-state index in [1.165, 1.54) is 44.8 Å². The highest BCUT2D eigenvalue weighted by atomic mass is 79.9. The zero-order valence-corrected chi connectivity index (χ0v) is 35.5. The first-order chi connectivity index (χ1) is 29.8. The number of fused-ring (bicyclic) bond motifs is 2. The normalized spacial score (nSPS) is 11.6. The molecule has 0 atom stereocenters. The number of alkyl halides is 6. The molecule has 11 nitrogen and oxygen atoms in total. The van der Waals surface area contributed by atoms with E-state index in [9.17, 15) is 40.3 Å². The molecule has 19 heteroatoms. The van der Waals surface area contributed by atoms with Gasteiger partial charge in [-0.1, -0.05) is 22.0 Å². The predicted octanol–water partition coefficient (Wildman–Crippen LogP) is 11.7. The van der Waals surface area contributed by atoms with Crippen molar-refractivity contribution in [1.29, 1.82) is 0 Å². The maximum absolute atomic E-state index is 13.6. The summed E-state index contributed by atoms with van der Waals surface area (Å²) in [5.41, 5.74) is 6.80.